The van der Waals surface area contributed by atoms with Crippen LogP contribution in [0, 0.1) is 20.8 Å². The zero-order valence-corrected chi connectivity index (χ0v) is 11.5. The molecule has 4 heteroatoms. The summed E-state index contributed by atoms with van der Waals surface area (Å²) in [5.41, 5.74) is 2.86. The molecule has 94 valence electrons. The number of aromatic nitrogens is 1. The van der Waals surface area contributed by atoms with Gasteiger partial charge in [0.2, 0.25) is 0 Å². The van der Waals surface area contributed by atoms with Gasteiger partial charge in [-0.1, -0.05) is 12.1 Å². The third-order valence-electron chi connectivity index (χ3n) is 2.89. The molecule has 1 aromatic heterocycles. The summed E-state index contributed by atoms with van der Waals surface area (Å²) < 4.78 is 5.75. The van der Waals surface area contributed by atoms with Crippen molar-refractivity contribution in [1.82, 2.24) is 4.98 Å². The van der Waals surface area contributed by atoms with E-state index in [4.69, 9.17) is 4.74 Å². The lowest BCUT2D eigenvalue weighted by Crippen LogP contribution is -1.97. The SMILES string of the molecule is Cc1cccc(OCc2nc(C=O)c(C)s2)c1C. The van der Waals surface area contributed by atoms with E-state index in [2.05, 4.69) is 18.0 Å². The molecule has 0 atom stereocenters. The molecule has 18 heavy (non-hydrogen) atoms. The number of ether oxygens (including phenoxy) is 1. The molecule has 0 bridgehead atoms. The first-order chi connectivity index (χ1) is 8.61. The van der Waals surface area contributed by atoms with E-state index in [9.17, 15) is 4.79 Å². The van der Waals surface area contributed by atoms with E-state index in [0.29, 0.717) is 12.3 Å². The average molecular weight is 261 g/mol. The molecule has 1 heterocycles. The van der Waals surface area contributed by atoms with E-state index in [0.717, 1.165) is 27.5 Å². The minimum atomic E-state index is 0.406. The van der Waals surface area contributed by atoms with Crippen LogP contribution in [-0.4, -0.2) is 11.3 Å². The molecule has 0 unspecified atom stereocenters. The van der Waals surface area contributed by atoms with Crippen molar-refractivity contribution in [3.05, 3.63) is 44.9 Å². The molecule has 0 radical (unpaired) electrons. The highest BCUT2D eigenvalue weighted by atomic mass is 32.1. The zero-order valence-electron chi connectivity index (χ0n) is 10.7. The van der Waals surface area contributed by atoms with E-state index in [1.54, 1.807) is 0 Å². The third-order valence-corrected chi connectivity index (χ3v) is 3.85. The van der Waals surface area contributed by atoms with Gasteiger partial charge in [-0.25, -0.2) is 4.98 Å². The van der Waals surface area contributed by atoms with Crippen molar-refractivity contribution in [1.29, 1.82) is 0 Å². The van der Waals surface area contributed by atoms with Crippen LogP contribution < -0.4 is 4.74 Å². The number of nitrogens with zero attached hydrogens (tertiary/aromatic N) is 1. The molecule has 0 saturated carbocycles. The first-order valence-electron chi connectivity index (χ1n) is 5.72. The van der Waals surface area contributed by atoms with Gasteiger partial charge in [0, 0.05) is 4.88 Å². The van der Waals surface area contributed by atoms with Crippen LogP contribution in [-0.2, 0) is 6.61 Å². The van der Waals surface area contributed by atoms with Gasteiger partial charge in [-0.15, -0.1) is 11.3 Å². The van der Waals surface area contributed by atoms with Gasteiger partial charge < -0.3 is 4.74 Å². The van der Waals surface area contributed by atoms with Crippen LogP contribution in [0.5, 0.6) is 5.75 Å². The lowest BCUT2D eigenvalue weighted by atomic mass is 10.1. The second-order valence-electron chi connectivity index (χ2n) is 4.15. The molecular formula is C14H15NO2S. The smallest absolute Gasteiger partial charge is 0.169 e. The van der Waals surface area contributed by atoms with Gasteiger partial charge in [-0.05, 0) is 38.0 Å². The Bertz CT molecular complexity index is 575. The lowest BCUT2D eigenvalue weighted by molar-refractivity contribution is 0.111. The van der Waals surface area contributed by atoms with Crippen molar-refractivity contribution in [3.63, 3.8) is 0 Å². The summed E-state index contributed by atoms with van der Waals surface area (Å²) in [6.45, 7) is 6.39. The van der Waals surface area contributed by atoms with Crippen LogP contribution >= 0.6 is 11.3 Å². The van der Waals surface area contributed by atoms with Gasteiger partial charge in [0.1, 0.15) is 23.1 Å². The highest BCUT2D eigenvalue weighted by Crippen LogP contribution is 2.23. The number of benzene rings is 1. The van der Waals surface area contributed by atoms with E-state index in [1.807, 2.05) is 26.0 Å². The predicted octanol–water partition coefficient (Wildman–Crippen LogP) is 3.46. The number of rotatable bonds is 4. The van der Waals surface area contributed by atoms with Crippen LogP contribution in [0.4, 0.5) is 0 Å². The summed E-state index contributed by atoms with van der Waals surface area (Å²) in [7, 11) is 0. The predicted molar refractivity (Wildman–Crippen MR) is 72.5 cm³/mol. The number of hydrogen-bond acceptors (Lipinski definition) is 4. The van der Waals surface area contributed by atoms with Gasteiger partial charge in [-0.2, -0.15) is 0 Å². The van der Waals surface area contributed by atoms with Gasteiger partial charge in [0.05, 0.1) is 0 Å². The van der Waals surface area contributed by atoms with Gasteiger partial charge in [0.25, 0.3) is 0 Å². The summed E-state index contributed by atoms with van der Waals surface area (Å²) in [6, 6.07) is 5.98. The van der Waals surface area contributed by atoms with Crippen molar-refractivity contribution >= 4 is 17.6 Å². The topological polar surface area (TPSA) is 39.2 Å². The molecule has 2 rings (SSSR count). The lowest BCUT2D eigenvalue weighted by Gasteiger charge is -2.09. The van der Waals surface area contributed by atoms with E-state index < -0.39 is 0 Å². The summed E-state index contributed by atoms with van der Waals surface area (Å²) in [5, 5.41) is 0.829. The standard InChI is InChI=1S/C14H15NO2S/c1-9-5-4-6-13(10(9)2)17-8-14-15-12(7-16)11(3)18-14/h4-7H,8H2,1-3H3. The third kappa shape index (κ3) is 2.59. The maximum Gasteiger partial charge on any atom is 0.169 e. The highest BCUT2D eigenvalue weighted by Gasteiger charge is 2.08. The summed E-state index contributed by atoms with van der Waals surface area (Å²) >= 11 is 1.50. The Labute approximate surface area is 110 Å². The Kier molecular flexibility index (Phi) is 3.77. The zero-order chi connectivity index (χ0) is 13.1. The minimum absolute atomic E-state index is 0.406. The molecular weight excluding hydrogens is 246 g/mol. The Morgan fingerprint density at radius 3 is 2.78 bits per heavy atom. The summed E-state index contributed by atoms with van der Waals surface area (Å²) in [6.07, 6.45) is 0.785. The van der Waals surface area contributed by atoms with E-state index in [-0.39, 0.29) is 0 Å². The fourth-order valence-electron chi connectivity index (χ4n) is 1.66. The number of aryl methyl sites for hydroxylation is 2. The average Bonchev–Trinajstić information content (AvgIpc) is 2.72. The van der Waals surface area contributed by atoms with Crippen LogP contribution in [0.1, 0.15) is 31.5 Å². The van der Waals surface area contributed by atoms with Crippen molar-refractivity contribution < 1.29 is 9.53 Å². The Morgan fingerprint density at radius 1 is 1.33 bits per heavy atom. The monoisotopic (exact) mass is 261 g/mol. The highest BCUT2D eigenvalue weighted by molar-refractivity contribution is 7.11. The minimum Gasteiger partial charge on any atom is -0.486 e. The van der Waals surface area contributed by atoms with Gasteiger partial charge >= 0.3 is 0 Å². The summed E-state index contributed by atoms with van der Waals surface area (Å²) in [5.74, 6) is 0.871. The molecule has 0 spiro atoms. The fourth-order valence-corrected chi connectivity index (χ4v) is 2.47. The fraction of sp³-hybridized carbons (Fsp3) is 0.286. The first kappa shape index (κ1) is 12.8. The van der Waals surface area contributed by atoms with E-state index in [1.165, 1.54) is 16.9 Å². The maximum absolute atomic E-state index is 10.7. The van der Waals surface area contributed by atoms with Crippen LogP contribution in [0.2, 0.25) is 0 Å². The van der Waals surface area contributed by atoms with Gasteiger partial charge in [-0.3, -0.25) is 4.79 Å². The Hall–Kier alpha value is -1.68. The molecule has 0 amide bonds. The van der Waals surface area contributed by atoms with Gasteiger partial charge in [0.15, 0.2) is 6.29 Å². The second-order valence-corrected chi connectivity index (χ2v) is 5.44. The molecule has 3 nitrogen and oxygen atoms in total. The van der Waals surface area contributed by atoms with Crippen LogP contribution in [0.3, 0.4) is 0 Å². The Morgan fingerprint density at radius 2 is 2.11 bits per heavy atom. The second kappa shape index (κ2) is 5.31. The van der Waals surface area contributed by atoms with Crippen molar-refractivity contribution in [2.24, 2.45) is 0 Å². The van der Waals surface area contributed by atoms with Crippen molar-refractivity contribution in [3.8, 4) is 5.75 Å². The van der Waals surface area contributed by atoms with Crippen molar-refractivity contribution in [2.75, 3.05) is 0 Å². The normalized spacial score (nSPS) is 10.4. The molecule has 0 fully saturated rings. The number of aldehydes is 1. The Balaban J connectivity index is 2.11. The van der Waals surface area contributed by atoms with Crippen LogP contribution in [0.25, 0.3) is 0 Å². The van der Waals surface area contributed by atoms with Crippen LogP contribution in [0.15, 0.2) is 18.2 Å². The molecule has 2 aromatic rings. The van der Waals surface area contributed by atoms with E-state index >= 15 is 0 Å². The largest absolute Gasteiger partial charge is 0.486 e. The molecule has 0 aliphatic heterocycles. The number of thiazole rings is 1. The molecule has 0 aliphatic rings. The molecule has 0 saturated heterocycles. The quantitative estimate of drug-likeness (QED) is 0.791. The summed E-state index contributed by atoms with van der Waals surface area (Å²) in [4.78, 5) is 15.9. The van der Waals surface area contributed by atoms with Crippen molar-refractivity contribution in [2.45, 2.75) is 27.4 Å². The molecule has 0 N–H and O–H groups in total. The number of hydrogen-bond donors (Lipinski definition) is 0. The first-order valence-corrected chi connectivity index (χ1v) is 6.54. The number of carbonyl (C=O) groups is 1. The number of carbonyl (C=O) groups excluding carboxylic acids is 1. The molecule has 0 aliphatic carbocycles. The maximum atomic E-state index is 10.7. The molecule has 1 aromatic carbocycles.